The normalized spacial score (nSPS) is 13.1. The first kappa shape index (κ1) is 68.6. The molecule has 6 nitrogen and oxygen atoms in total. The molecule has 0 aromatic carbocycles. The summed E-state index contributed by atoms with van der Waals surface area (Å²) in [6.45, 7) is 6.33. The van der Waals surface area contributed by atoms with Crippen LogP contribution in [0.15, 0.2) is 134 Å². The molecule has 0 aliphatic carbocycles. The Balaban J connectivity index is 4.51. The smallest absolute Gasteiger partial charge is 0.306 e. The van der Waals surface area contributed by atoms with E-state index >= 15 is 0 Å². The fourth-order valence-corrected chi connectivity index (χ4v) is 7.73. The molecular formula is C67H108O6. The second kappa shape index (κ2) is 60.1. The topological polar surface area (TPSA) is 78.9 Å². The van der Waals surface area contributed by atoms with E-state index in [1.807, 2.05) is 0 Å². The van der Waals surface area contributed by atoms with Gasteiger partial charge >= 0.3 is 17.9 Å². The lowest BCUT2D eigenvalue weighted by atomic mass is 10.1. The third kappa shape index (κ3) is 58.3. The first-order valence-electron chi connectivity index (χ1n) is 29.7. The Labute approximate surface area is 449 Å². The first-order valence-corrected chi connectivity index (χ1v) is 29.7. The van der Waals surface area contributed by atoms with Crippen LogP contribution in [0.4, 0.5) is 0 Å². The molecule has 0 aromatic heterocycles. The number of carbonyl (C=O) groups excluding carboxylic acids is 3. The van der Waals surface area contributed by atoms with E-state index < -0.39 is 6.10 Å². The third-order valence-electron chi connectivity index (χ3n) is 12.1. The summed E-state index contributed by atoms with van der Waals surface area (Å²) in [4.78, 5) is 38.2. The van der Waals surface area contributed by atoms with Gasteiger partial charge in [-0.1, -0.05) is 238 Å². The van der Waals surface area contributed by atoms with Crippen LogP contribution in [-0.2, 0) is 28.6 Å². The highest BCUT2D eigenvalue weighted by Crippen LogP contribution is 2.14. The van der Waals surface area contributed by atoms with Crippen molar-refractivity contribution in [3.8, 4) is 0 Å². The van der Waals surface area contributed by atoms with Gasteiger partial charge in [0.05, 0.1) is 0 Å². The molecule has 6 heteroatoms. The number of hydrogen-bond acceptors (Lipinski definition) is 6. The second-order valence-electron chi connectivity index (χ2n) is 19.1. The van der Waals surface area contributed by atoms with Crippen LogP contribution < -0.4 is 0 Å². The van der Waals surface area contributed by atoms with Crippen LogP contribution in [0.5, 0.6) is 0 Å². The number of carbonyl (C=O) groups is 3. The fourth-order valence-electron chi connectivity index (χ4n) is 7.73. The van der Waals surface area contributed by atoms with E-state index in [0.717, 1.165) is 122 Å². The standard InChI is InChI=1S/C67H108O6/c1-4-7-10-13-16-19-22-25-28-31-32-33-34-37-39-42-45-48-51-54-57-60-66(69)72-63-64(73-67(70)61-58-55-52-49-46-43-40-36-30-27-24-21-18-15-12-9-6-3)62-71-65(68)59-56-53-50-47-44-41-38-35-29-26-23-20-17-14-11-8-5-2/h8-9,11-12,17-18,20-22,25-27,29-32,38,40-41,43,49,52,64H,4-7,10,13-16,19,23-24,28,33-37,39,42,44-48,50-51,53-63H2,1-3H3/b11-8-,12-9-,20-17-,21-18-,25-22-,29-26-,30-27-,32-31-,41-38-,43-40-,52-49-. The molecule has 0 aromatic rings. The molecule has 1 unspecified atom stereocenters. The van der Waals surface area contributed by atoms with Crippen molar-refractivity contribution in [2.24, 2.45) is 0 Å². The molecule has 0 saturated heterocycles. The number of esters is 3. The van der Waals surface area contributed by atoms with E-state index in [1.165, 1.54) is 83.5 Å². The van der Waals surface area contributed by atoms with Crippen LogP contribution in [0, 0.1) is 0 Å². The minimum atomic E-state index is -0.826. The lowest BCUT2D eigenvalue weighted by Gasteiger charge is -2.18. The van der Waals surface area contributed by atoms with Gasteiger partial charge < -0.3 is 14.2 Å². The van der Waals surface area contributed by atoms with Crippen molar-refractivity contribution >= 4 is 17.9 Å². The van der Waals surface area contributed by atoms with E-state index in [9.17, 15) is 14.4 Å². The zero-order valence-electron chi connectivity index (χ0n) is 47.1. The monoisotopic (exact) mass is 1010 g/mol. The largest absolute Gasteiger partial charge is 0.462 e. The molecule has 0 fully saturated rings. The molecule has 0 bridgehead atoms. The van der Waals surface area contributed by atoms with E-state index in [0.29, 0.717) is 19.3 Å². The quantitative estimate of drug-likeness (QED) is 0.0261. The van der Waals surface area contributed by atoms with Crippen LogP contribution >= 0.6 is 0 Å². The van der Waals surface area contributed by atoms with Gasteiger partial charge in [0.1, 0.15) is 13.2 Å². The number of unbranched alkanes of at least 4 members (excludes halogenated alkanes) is 19. The Morgan fingerprint density at radius 1 is 0.288 bits per heavy atom. The Morgan fingerprint density at radius 3 is 0.877 bits per heavy atom. The molecule has 0 aliphatic heterocycles. The number of allylic oxidation sites excluding steroid dienone is 22. The molecule has 0 rings (SSSR count). The van der Waals surface area contributed by atoms with Gasteiger partial charge in [-0.25, -0.2) is 0 Å². The maximum Gasteiger partial charge on any atom is 0.306 e. The highest BCUT2D eigenvalue weighted by molar-refractivity contribution is 5.71. The summed E-state index contributed by atoms with van der Waals surface area (Å²) in [6, 6.07) is 0. The number of hydrogen-bond donors (Lipinski definition) is 0. The van der Waals surface area contributed by atoms with Crippen LogP contribution in [0.2, 0.25) is 0 Å². The maximum atomic E-state index is 12.9. The van der Waals surface area contributed by atoms with Gasteiger partial charge in [0, 0.05) is 19.3 Å². The second-order valence-corrected chi connectivity index (χ2v) is 19.1. The third-order valence-corrected chi connectivity index (χ3v) is 12.1. The number of rotatable bonds is 52. The van der Waals surface area contributed by atoms with Gasteiger partial charge in [0.15, 0.2) is 6.10 Å². The highest BCUT2D eigenvalue weighted by Gasteiger charge is 2.19. The van der Waals surface area contributed by atoms with Crippen molar-refractivity contribution in [1.29, 1.82) is 0 Å². The summed E-state index contributed by atoms with van der Waals surface area (Å²) in [5.74, 6) is -1.00. The predicted molar refractivity (Wildman–Crippen MR) is 316 cm³/mol. The Morgan fingerprint density at radius 2 is 0.548 bits per heavy atom. The predicted octanol–water partition coefficient (Wildman–Crippen LogP) is 20.2. The molecule has 0 radical (unpaired) electrons. The summed E-state index contributed by atoms with van der Waals surface area (Å²) < 4.78 is 16.8. The summed E-state index contributed by atoms with van der Waals surface area (Å²) in [5.41, 5.74) is 0. The summed E-state index contributed by atoms with van der Waals surface area (Å²) in [7, 11) is 0. The fraction of sp³-hybridized carbons (Fsp3) is 0.627. The van der Waals surface area contributed by atoms with E-state index in [2.05, 4.69) is 154 Å². The molecule has 0 heterocycles. The van der Waals surface area contributed by atoms with E-state index in [-0.39, 0.29) is 37.5 Å². The molecule has 73 heavy (non-hydrogen) atoms. The first-order chi connectivity index (χ1) is 36.0. The van der Waals surface area contributed by atoms with Crippen molar-refractivity contribution in [2.75, 3.05) is 13.2 Å². The molecular weight excluding hydrogens is 901 g/mol. The van der Waals surface area contributed by atoms with E-state index in [4.69, 9.17) is 14.2 Å². The Bertz CT molecular complexity index is 1580. The van der Waals surface area contributed by atoms with Crippen LogP contribution in [0.3, 0.4) is 0 Å². The van der Waals surface area contributed by atoms with Crippen LogP contribution in [-0.4, -0.2) is 37.2 Å². The van der Waals surface area contributed by atoms with Gasteiger partial charge in [-0.3, -0.25) is 14.4 Å². The SMILES string of the molecule is CC/C=C\C/C=C\C/C=C\C/C=C\C/C=C\CCCC(=O)OC(COC(=O)CCCCCC/C=C\C/C=C\C/C=C\C/C=C\CC)COC(=O)CCCCCCCCCCC/C=C\C/C=C\CCCCCCC. The van der Waals surface area contributed by atoms with E-state index in [1.54, 1.807) is 0 Å². The molecule has 0 amide bonds. The van der Waals surface area contributed by atoms with Gasteiger partial charge in [-0.15, -0.1) is 0 Å². The Kier molecular flexibility index (Phi) is 56.4. The summed E-state index contributed by atoms with van der Waals surface area (Å²) >= 11 is 0. The zero-order chi connectivity index (χ0) is 52.9. The van der Waals surface area contributed by atoms with Gasteiger partial charge in [0.2, 0.25) is 0 Å². The molecule has 0 saturated carbocycles. The van der Waals surface area contributed by atoms with Gasteiger partial charge in [-0.2, -0.15) is 0 Å². The summed E-state index contributed by atoms with van der Waals surface area (Å²) in [6.07, 6.45) is 84.5. The van der Waals surface area contributed by atoms with Crippen LogP contribution in [0.25, 0.3) is 0 Å². The molecule has 412 valence electrons. The maximum absolute atomic E-state index is 12.9. The van der Waals surface area contributed by atoms with Crippen molar-refractivity contribution in [1.82, 2.24) is 0 Å². The van der Waals surface area contributed by atoms with Crippen molar-refractivity contribution in [3.63, 3.8) is 0 Å². The van der Waals surface area contributed by atoms with Crippen LogP contribution in [0.1, 0.15) is 252 Å². The molecule has 0 aliphatic rings. The molecule has 0 N–H and O–H groups in total. The summed E-state index contributed by atoms with van der Waals surface area (Å²) in [5, 5.41) is 0. The zero-order valence-corrected chi connectivity index (χ0v) is 47.1. The van der Waals surface area contributed by atoms with Gasteiger partial charge in [0.25, 0.3) is 0 Å². The van der Waals surface area contributed by atoms with Crippen molar-refractivity contribution in [2.45, 2.75) is 258 Å². The van der Waals surface area contributed by atoms with Gasteiger partial charge in [-0.05, 0) is 128 Å². The van der Waals surface area contributed by atoms with Crippen molar-refractivity contribution < 1.29 is 28.6 Å². The minimum Gasteiger partial charge on any atom is -0.462 e. The molecule has 0 spiro atoms. The highest BCUT2D eigenvalue weighted by atomic mass is 16.6. The minimum absolute atomic E-state index is 0.115. The average Bonchev–Trinajstić information content (AvgIpc) is 3.39. The Hall–Kier alpha value is -4.45. The van der Waals surface area contributed by atoms with Crippen molar-refractivity contribution in [3.05, 3.63) is 134 Å². The average molecular weight is 1010 g/mol. The molecule has 1 atom stereocenters. The number of ether oxygens (including phenoxy) is 3. The lowest BCUT2D eigenvalue weighted by Crippen LogP contribution is -2.30. The lowest BCUT2D eigenvalue weighted by molar-refractivity contribution is -0.167.